The molecule has 1 amide bonds. The average Bonchev–Trinajstić information content (AvgIpc) is 2.56. The molecule has 0 aliphatic heterocycles. The molecule has 2 rings (SSSR count). The van der Waals surface area contributed by atoms with E-state index in [1.807, 2.05) is 30.3 Å². The minimum Gasteiger partial charge on any atom is -0.351 e. The van der Waals surface area contributed by atoms with Crippen LogP contribution in [0.25, 0.3) is 0 Å². The molecule has 5 heteroatoms. The molecule has 122 valence electrons. The largest absolute Gasteiger partial charge is 0.351 e. The SMILES string of the molecule is CCC(c1cccnc1)N(C)CC(=O)NCc1ccccc1F. The zero-order valence-electron chi connectivity index (χ0n) is 13.5. The van der Waals surface area contributed by atoms with Crippen LogP contribution in [0.2, 0.25) is 0 Å². The Balaban J connectivity index is 1.90. The molecular weight excluding hydrogens is 293 g/mol. The predicted octanol–water partition coefficient (Wildman–Crippen LogP) is 2.92. The van der Waals surface area contributed by atoms with Gasteiger partial charge in [-0.05, 0) is 31.2 Å². The third kappa shape index (κ3) is 4.86. The lowest BCUT2D eigenvalue weighted by atomic mass is 10.1. The van der Waals surface area contributed by atoms with Crippen molar-refractivity contribution in [1.29, 1.82) is 0 Å². The molecule has 1 N–H and O–H groups in total. The number of amides is 1. The summed E-state index contributed by atoms with van der Waals surface area (Å²) in [5.74, 6) is -0.430. The number of nitrogens with one attached hydrogen (secondary N) is 1. The summed E-state index contributed by atoms with van der Waals surface area (Å²) in [5.41, 5.74) is 1.57. The van der Waals surface area contributed by atoms with Gasteiger partial charge in [0.1, 0.15) is 5.82 Å². The van der Waals surface area contributed by atoms with Crippen LogP contribution in [0.3, 0.4) is 0 Å². The van der Waals surface area contributed by atoms with Crippen molar-refractivity contribution in [3.05, 3.63) is 65.7 Å². The van der Waals surface area contributed by atoms with Gasteiger partial charge in [0.15, 0.2) is 0 Å². The van der Waals surface area contributed by atoms with E-state index < -0.39 is 0 Å². The van der Waals surface area contributed by atoms with Crippen LogP contribution in [0.4, 0.5) is 4.39 Å². The molecule has 4 nitrogen and oxygen atoms in total. The molecule has 1 heterocycles. The highest BCUT2D eigenvalue weighted by Gasteiger charge is 2.17. The number of likely N-dealkylation sites (N-methyl/N-ethyl adjacent to an activating group) is 1. The summed E-state index contributed by atoms with van der Waals surface area (Å²) < 4.78 is 13.5. The van der Waals surface area contributed by atoms with E-state index in [4.69, 9.17) is 0 Å². The Labute approximate surface area is 136 Å². The van der Waals surface area contributed by atoms with Crippen molar-refractivity contribution in [2.75, 3.05) is 13.6 Å². The minimum absolute atomic E-state index is 0.127. The van der Waals surface area contributed by atoms with Crippen molar-refractivity contribution in [1.82, 2.24) is 15.2 Å². The third-order valence-electron chi connectivity index (χ3n) is 3.81. The lowest BCUT2D eigenvalue weighted by Crippen LogP contribution is -2.36. The number of carbonyl (C=O) groups excluding carboxylic acids is 1. The Bertz CT molecular complexity index is 633. The van der Waals surface area contributed by atoms with Gasteiger partial charge in [-0.3, -0.25) is 14.7 Å². The fraction of sp³-hybridized carbons (Fsp3) is 0.333. The maximum absolute atomic E-state index is 13.5. The van der Waals surface area contributed by atoms with Gasteiger partial charge >= 0.3 is 0 Å². The lowest BCUT2D eigenvalue weighted by Gasteiger charge is -2.26. The first-order valence-corrected chi connectivity index (χ1v) is 7.72. The number of benzene rings is 1. The summed E-state index contributed by atoms with van der Waals surface area (Å²) in [5, 5.41) is 2.76. The molecule has 0 aliphatic carbocycles. The molecular formula is C18H22FN3O. The Morgan fingerprint density at radius 3 is 2.74 bits per heavy atom. The van der Waals surface area contributed by atoms with Crippen molar-refractivity contribution in [2.45, 2.75) is 25.9 Å². The van der Waals surface area contributed by atoms with E-state index in [1.54, 1.807) is 24.4 Å². The number of halogens is 1. The van der Waals surface area contributed by atoms with Gasteiger partial charge in [-0.2, -0.15) is 0 Å². The van der Waals surface area contributed by atoms with Crippen LogP contribution in [-0.2, 0) is 11.3 Å². The molecule has 0 aliphatic rings. The topological polar surface area (TPSA) is 45.2 Å². The maximum Gasteiger partial charge on any atom is 0.234 e. The molecule has 0 saturated carbocycles. The molecule has 0 spiro atoms. The summed E-state index contributed by atoms with van der Waals surface area (Å²) >= 11 is 0. The molecule has 1 atom stereocenters. The Morgan fingerprint density at radius 2 is 2.09 bits per heavy atom. The van der Waals surface area contributed by atoms with Crippen LogP contribution in [0.1, 0.15) is 30.5 Å². The number of hydrogen-bond acceptors (Lipinski definition) is 3. The van der Waals surface area contributed by atoms with Gasteiger partial charge in [-0.25, -0.2) is 4.39 Å². The molecule has 1 aromatic heterocycles. The zero-order valence-corrected chi connectivity index (χ0v) is 13.5. The van der Waals surface area contributed by atoms with Crippen LogP contribution in [0.15, 0.2) is 48.8 Å². The number of rotatable bonds is 7. The molecule has 2 aromatic rings. The van der Waals surface area contributed by atoms with Crippen molar-refractivity contribution in [3.8, 4) is 0 Å². The number of nitrogens with zero attached hydrogens (tertiary/aromatic N) is 2. The quantitative estimate of drug-likeness (QED) is 0.854. The van der Waals surface area contributed by atoms with Gasteiger partial charge in [0.25, 0.3) is 0 Å². The van der Waals surface area contributed by atoms with Gasteiger partial charge in [-0.15, -0.1) is 0 Å². The summed E-state index contributed by atoms with van der Waals surface area (Å²) in [7, 11) is 1.91. The van der Waals surface area contributed by atoms with Crippen molar-refractivity contribution in [2.24, 2.45) is 0 Å². The lowest BCUT2D eigenvalue weighted by molar-refractivity contribution is -0.122. The van der Waals surface area contributed by atoms with Crippen LogP contribution < -0.4 is 5.32 Å². The minimum atomic E-state index is -0.303. The number of carbonyl (C=O) groups is 1. The highest BCUT2D eigenvalue weighted by molar-refractivity contribution is 5.78. The highest BCUT2D eigenvalue weighted by atomic mass is 19.1. The van der Waals surface area contributed by atoms with Gasteiger partial charge in [0.05, 0.1) is 6.54 Å². The molecule has 0 bridgehead atoms. The second kappa shape index (κ2) is 8.39. The molecule has 1 aromatic carbocycles. The molecule has 1 unspecified atom stereocenters. The first-order chi connectivity index (χ1) is 11.1. The Morgan fingerprint density at radius 1 is 1.30 bits per heavy atom. The number of hydrogen-bond donors (Lipinski definition) is 1. The predicted molar refractivity (Wildman–Crippen MR) is 88.1 cm³/mol. The Kier molecular flexibility index (Phi) is 6.23. The van der Waals surface area contributed by atoms with Gasteiger partial charge < -0.3 is 5.32 Å². The number of aromatic nitrogens is 1. The number of pyridine rings is 1. The van der Waals surface area contributed by atoms with E-state index in [9.17, 15) is 9.18 Å². The van der Waals surface area contributed by atoms with Gasteiger partial charge in [-0.1, -0.05) is 31.2 Å². The fourth-order valence-corrected chi connectivity index (χ4v) is 2.60. The summed E-state index contributed by atoms with van der Waals surface area (Å²) in [6.45, 7) is 2.52. The van der Waals surface area contributed by atoms with E-state index in [-0.39, 0.29) is 30.9 Å². The van der Waals surface area contributed by atoms with E-state index in [1.165, 1.54) is 6.07 Å². The molecule has 0 saturated heterocycles. The smallest absolute Gasteiger partial charge is 0.234 e. The van der Waals surface area contributed by atoms with E-state index >= 15 is 0 Å². The summed E-state index contributed by atoms with van der Waals surface area (Å²) in [6.07, 6.45) is 4.43. The van der Waals surface area contributed by atoms with Gasteiger partial charge in [0.2, 0.25) is 5.91 Å². The van der Waals surface area contributed by atoms with Crippen LogP contribution in [-0.4, -0.2) is 29.4 Å². The summed E-state index contributed by atoms with van der Waals surface area (Å²) in [4.78, 5) is 18.2. The molecule has 0 radical (unpaired) electrons. The zero-order chi connectivity index (χ0) is 16.7. The second-order valence-electron chi connectivity index (χ2n) is 5.49. The van der Waals surface area contributed by atoms with Crippen molar-refractivity contribution < 1.29 is 9.18 Å². The Hall–Kier alpha value is -2.27. The molecule has 0 fully saturated rings. The van der Waals surface area contributed by atoms with Crippen molar-refractivity contribution >= 4 is 5.91 Å². The maximum atomic E-state index is 13.5. The second-order valence-corrected chi connectivity index (χ2v) is 5.49. The highest BCUT2D eigenvalue weighted by Crippen LogP contribution is 2.21. The van der Waals surface area contributed by atoms with Crippen LogP contribution >= 0.6 is 0 Å². The van der Waals surface area contributed by atoms with Crippen LogP contribution in [0.5, 0.6) is 0 Å². The van der Waals surface area contributed by atoms with E-state index in [0.717, 1.165) is 12.0 Å². The fourth-order valence-electron chi connectivity index (χ4n) is 2.60. The molecule has 23 heavy (non-hydrogen) atoms. The summed E-state index contributed by atoms with van der Waals surface area (Å²) in [6, 6.07) is 10.5. The van der Waals surface area contributed by atoms with Crippen molar-refractivity contribution in [3.63, 3.8) is 0 Å². The standard InChI is InChI=1S/C18H22FN3O/c1-3-17(15-8-6-10-20-11-15)22(2)13-18(23)21-12-14-7-4-5-9-16(14)19/h4-11,17H,3,12-13H2,1-2H3,(H,21,23). The monoisotopic (exact) mass is 315 g/mol. The third-order valence-corrected chi connectivity index (χ3v) is 3.81. The first-order valence-electron chi connectivity index (χ1n) is 7.72. The van der Waals surface area contributed by atoms with E-state index in [0.29, 0.717) is 5.56 Å². The van der Waals surface area contributed by atoms with E-state index in [2.05, 4.69) is 17.2 Å². The average molecular weight is 315 g/mol. The first kappa shape index (κ1) is 17.1. The van der Waals surface area contributed by atoms with Gasteiger partial charge in [0, 0.05) is 30.5 Å². The normalized spacial score (nSPS) is 12.2. The van der Waals surface area contributed by atoms with Crippen LogP contribution in [0, 0.1) is 5.82 Å².